The fraction of sp³-hybridized carbons (Fsp3) is 0.333. The molecule has 3 aromatic rings. The Bertz CT molecular complexity index is 1180. The predicted octanol–water partition coefficient (Wildman–Crippen LogP) is 2.58. The summed E-state index contributed by atoms with van der Waals surface area (Å²) in [4.78, 5) is 25.5. The molecule has 0 unspecified atom stereocenters. The molecule has 2 aromatic heterocycles. The van der Waals surface area contributed by atoms with Crippen LogP contribution in [-0.2, 0) is 17.7 Å². The lowest BCUT2D eigenvalue weighted by Crippen LogP contribution is -2.47. The molecule has 5 rings (SSSR count). The summed E-state index contributed by atoms with van der Waals surface area (Å²) < 4.78 is 11.2. The molecule has 0 atom stereocenters. The zero-order chi connectivity index (χ0) is 22.8. The van der Waals surface area contributed by atoms with Crippen molar-refractivity contribution in [2.45, 2.75) is 38.0 Å². The molecule has 0 spiro atoms. The first-order valence-electron chi connectivity index (χ1n) is 11.0. The van der Waals surface area contributed by atoms with Crippen LogP contribution >= 0.6 is 0 Å². The highest BCUT2D eigenvalue weighted by Crippen LogP contribution is 2.39. The number of carbonyl (C=O) groups excluding carboxylic acids is 1. The topological polar surface area (TPSA) is 124 Å². The van der Waals surface area contributed by atoms with Gasteiger partial charge in [-0.05, 0) is 36.6 Å². The lowest BCUT2D eigenvalue weighted by molar-refractivity contribution is 0.0176. The first kappa shape index (κ1) is 21.1. The number of nitrogens with zero attached hydrogens (tertiary/aromatic N) is 3. The van der Waals surface area contributed by atoms with Gasteiger partial charge < -0.3 is 25.8 Å². The van der Waals surface area contributed by atoms with Crippen molar-refractivity contribution in [2.24, 2.45) is 0 Å². The van der Waals surface area contributed by atoms with Crippen LogP contribution in [0.4, 0.5) is 11.8 Å². The number of benzene rings is 1. The number of carbonyl (C=O) groups is 1. The van der Waals surface area contributed by atoms with Gasteiger partial charge >= 0.3 is 0 Å². The number of anilines is 2. The summed E-state index contributed by atoms with van der Waals surface area (Å²) in [7, 11) is 1.70. The van der Waals surface area contributed by atoms with Crippen molar-refractivity contribution >= 4 is 17.7 Å². The molecule has 1 aromatic carbocycles. The van der Waals surface area contributed by atoms with Crippen LogP contribution in [0.3, 0.4) is 0 Å². The molecule has 0 saturated heterocycles. The molecule has 1 saturated carbocycles. The Hall–Kier alpha value is -3.72. The molecule has 170 valence electrons. The Labute approximate surface area is 191 Å². The summed E-state index contributed by atoms with van der Waals surface area (Å²) in [6.45, 7) is 1.12. The predicted molar refractivity (Wildman–Crippen MR) is 124 cm³/mol. The van der Waals surface area contributed by atoms with Crippen LogP contribution in [0.5, 0.6) is 5.75 Å². The molecule has 9 heteroatoms. The fourth-order valence-electron chi connectivity index (χ4n) is 4.20. The Kier molecular flexibility index (Phi) is 5.78. The van der Waals surface area contributed by atoms with E-state index in [4.69, 9.17) is 15.2 Å². The quantitative estimate of drug-likeness (QED) is 0.506. The van der Waals surface area contributed by atoms with Gasteiger partial charge in [0, 0.05) is 49.6 Å². The maximum atomic E-state index is 12.6. The van der Waals surface area contributed by atoms with E-state index >= 15 is 0 Å². The highest BCUT2D eigenvalue weighted by atomic mass is 16.5. The van der Waals surface area contributed by atoms with Crippen molar-refractivity contribution in [2.75, 3.05) is 24.8 Å². The van der Waals surface area contributed by atoms with E-state index in [1.807, 2.05) is 24.3 Å². The van der Waals surface area contributed by atoms with Crippen LogP contribution in [0.1, 0.15) is 34.3 Å². The maximum absolute atomic E-state index is 12.6. The minimum Gasteiger partial charge on any atom is -0.492 e. The van der Waals surface area contributed by atoms with Crippen molar-refractivity contribution in [3.63, 3.8) is 0 Å². The summed E-state index contributed by atoms with van der Waals surface area (Å²) in [6.07, 6.45) is 6.09. The minimum absolute atomic E-state index is 0.0581. The van der Waals surface area contributed by atoms with Crippen LogP contribution < -0.4 is 21.1 Å². The number of rotatable bonds is 7. The second kappa shape index (κ2) is 9.03. The third-order valence-corrected chi connectivity index (χ3v) is 6.09. The second-order valence-corrected chi connectivity index (χ2v) is 8.28. The Balaban J connectivity index is 1.28. The zero-order valence-corrected chi connectivity index (χ0v) is 18.4. The highest BCUT2D eigenvalue weighted by Gasteiger charge is 2.30. The van der Waals surface area contributed by atoms with Crippen LogP contribution in [-0.4, -0.2) is 46.7 Å². The number of hydrogen-bond acceptors (Lipinski definition) is 8. The number of fused-ring (bicyclic) bond motifs is 1. The standard InChI is InChI=1S/C24H26N6O3/c1-32-17-10-16(11-17)29-23(31)15-4-2-3-14(9-15)12-27-22-18-6-8-33-21(18)19(13-28-22)20-5-7-26-24(25)30-20/h2-5,7,9,13,16-17H,6,8,10-12H2,1H3,(H,27,28)(H,29,31)(H2,25,26,30)/t16-,17+. The van der Waals surface area contributed by atoms with Gasteiger partial charge in [-0.1, -0.05) is 12.1 Å². The molecule has 9 nitrogen and oxygen atoms in total. The number of pyridine rings is 1. The molecule has 1 aliphatic carbocycles. The van der Waals surface area contributed by atoms with Crippen molar-refractivity contribution < 1.29 is 14.3 Å². The van der Waals surface area contributed by atoms with Crippen LogP contribution in [0.15, 0.2) is 42.7 Å². The molecule has 1 fully saturated rings. The number of methoxy groups -OCH3 is 1. The average Bonchev–Trinajstić information content (AvgIpc) is 3.30. The molecular formula is C24H26N6O3. The van der Waals surface area contributed by atoms with E-state index in [0.717, 1.165) is 47.5 Å². The largest absolute Gasteiger partial charge is 0.492 e. The molecule has 33 heavy (non-hydrogen) atoms. The van der Waals surface area contributed by atoms with Gasteiger partial charge in [0.25, 0.3) is 5.91 Å². The van der Waals surface area contributed by atoms with Gasteiger partial charge in [-0.3, -0.25) is 4.79 Å². The van der Waals surface area contributed by atoms with Crippen LogP contribution in [0.2, 0.25) is 0 Å². The van der Waals surface area contributed by atoms with Crippen LogP contribution in [0.25, 0.3) is 11.3 Å². The normalized spacial score (nSPS) is 18.7. The summed E-state index contributed by atoms with van der Waals surface area (Å²) in [5, 5.41) is 6.47. The minimum atomic E-state index is -0.0581. The lowest BCUT2D eigenvalue weighted by atomic mass is 9.89. The van der Waals surface area contributed by atoms with Gasteiger partial charge in [0.1, 0.15) is 11.6 Å². The molecule has 1 aliphatic heterocycles. The van der Waals surface area contributed by atoms with Gasteiger partial charge in [-0.25, -0.2) is 15.0 Å². The van der Waals surface area contributed by atoms with Gasteiger partial charge in [0.15, 0.2) is 0 Å². The van der Waals surface area contributed by atoms with E-state index < -0.39 is 0 Å². The van der Waals surface area contributed by atoms with E-state index in [9.17, 15) is 4.79 Å². The lowest BCUT2D eigenvalue weighted by Gasteiger charge is -2.34. The number of nitrogens with two attached hydrogens (primary N) is 1. The second-order valence-electron chi connectivity index (χ2n) is 8.28. The molecular weight excluding hydrogens is 420 g/mol. The average molecular weight is 447 g/mol. The first-order chi connectivity index (χ1) is 16.1. The molecule has 4 N–H and O–H groups in total. The maximum Gasteiger partial charge on any atom is 0.251 e. The Morgan fingerprint density at radius 1 is 1.27 bits per heavy atom. The Morgan fingerprint density at radius 2 is 2.15 bits per heavy atom. The van der Waals surface area contributed by atoms with E-state index in [1.54, 1.807) is 25.6 Å². The monoisotopic (exact) mass is 446 g/mol. The third-order valence-electron chi connectivity index (χ3n) is 6.09. The number of nitrogens with one attached hydrogen (secondary N) is 2. The van der Waals surface area contributed by atoms with Crippen molar-refractivity contribution in [1.29, 1.82) is 0 Å². The van der Waals surface area contributed by atoms with Crippen molar-refractivity contribution in [3.8, 4) is 17.0 Å². The summed E-state index contributed by atoms with van der Waals surface area (Å²) in [5.41, 5.74) is 9.87. The number of amides is 1. The molecule has 0 bridgehead atoms. The summed E-state index contributed by atoms with van der Waals surface area (Å²) in [6, 6.07) is 9.59. The SMILES string of the molecule is CO[C@H]1C[C@@H](NC(=O)c2cccc(CNc3ncc(-c4ccnc(N)n4)c4c3CCO4)c2)C1. The summed E-state index contributed by atoms with van der Waals surface area (Å²) in [5.74, 6) is 1.69. The fourth-order valence-corrected chi connectivity index (χ4v) is 4.20. The van der Waals surface area contributed by atoms with Gasteiger partial charge in [-0.2, -0.15) is 0 Å². The molecule has 1 amide bonds. The van der Waals surface area contributed by atoms with E-state index in [1.165, 1.54) is 0 Å². The first-order valence-corrected chi connectivity index (χ1v) is 11.0. The smallest absolute Gasteiger partial charge is 0.251 e. The van der Waals surface area contributed by atoms with E-state index in [0.29, 0.717) is 24.4 Å². The number of ether oxygens (including phenoxy) is 2. The molecule has 0 radical (unpaired) electrons. The number of aromatic nitrogens is 3. The molecule has 2 aliphatic rings. The molecule has 3 heterocycles. The van der Waals surface area contributed by atoms with Crippen molar-refractivity contribution in [3.05, 3.63) is 59.4 Å². The van der Waals surface area contributed by atoms with Crippen LogP contribution in [0, 0.1) is 0 Å². The number of nitrogen functional groups attached to an aromatic ring is 1. The number of hydrogen-bond donors (Lipinski definition) is 3. The van der Waals surface area contributed by atoms with E-state index in [-0.39, 0.29) is 24.0 Å². The zero-order valence-electron chi connectivity index (χ0n) is 18.4. The Morgan fingerprint density at radius 3 is 2.97 bits per heavy atom. The van der Waals surface area contributed by atoms with Gasteiger partial charge in [0.2, 0.25) is 5.95 Å². The van der Waals surface area contributed by atoms with Gasteiger partial charge in [-0.15, -0.1) is 0 Å². The third kappa shape index (κ3) is 4.45. The van der Waals surface area contributed by atoms with Crippen molar-refractivity contribution in [1.82, 2.24) is 20.3 Å². The van der Waals surface area contributed by atoms with E-state index in [2.05, 4.69) is 25.6 Å². The van der Waals surface area contributed by atoms with Gasteiger partial charge in [0.05, 0.1) is 24.0 Å². The highest BCUT2D eigenvalue weighted by molar-refractivity contribution is 5.94. The summed E-state index contributed by atoms with van der Waals surface area (Å²) >= 11 is 0.